The van der Waals surface area contributed by atoms with Crippen LogP contribution in [0.25, 0.3) is 0 Å². The van der Waals surface area contributed by atoms with Gasteiger partial charge in [-0.2, -0.15) is 0 Å². The summed E-state index contributed by atoms with van der Waals surface area (Å²) < 4.78 is 1.52. The van der Waals surface area contributed by atoms with Gasteiger partial charge in [-0.05, 0) is 0 Å². The van der Waals surface area contributed by atoms with Crippen molar-refractivity contribution in [1.29, 1.82) is 0 Å². The third-order valence-corrected chi connectivity index (χ3v) is 1.57. The van der Waals surface area contributed by atoms with Gasteiger partial charge in [0, 0.05) is 13.3 Å². The standard InChI is InChI=1S/C6H10N2O2/c1-3-6-5(2)7(9)4-8(6)10/h4,10H,3H2,1-2H3. The Kier molecular flexibility index (Phi) is 1.53. The molecule has 0 saturated heterocycles. The van der Waals surface area contributed by atoms with Crippen molar-refractivity contribution in [3.05, 3.63) is 22.9 Å². The van der Waals surface area contributed by atoms with E-state index in [2.05, 4.69) is 0 Å². The molecule has 0 radical (unpaired) electrons. The van der Waals surface area contributed by atoms with Gasteiger partial charge in [0.25, 0.3) is 6.33 Å². The van der Waals surface area contributed by atoms with Crippen molar-refractivity contribution in [3.63, 3.8) is 0 Å². The maximum absolute atomic E-state index is 10.8. The zero-order valence-electron chi connectivity index (χ0n) is 6.03. The van der Waals surface area contributed by atoms with E-state index in [1.54, 1.807) is 6.92 Å². The third-order valence-electron chi connectivity index (χ3n) is 1.57. The van der Waals surface area contributed by atoms with E-state index >= 15 is 0 Å². The lowest BCUT2D eigenvalue weighted by Gasteiger charge is -1.94. The Morgan fingerprint density at radius 3 is 2.60 bits per heavy atom. The molecule has 0 bridgehead atoms. The highest BCUT2D eigenvalue weighted by atomic mass is 16.5. The largest absolute Gasteiger partial charge is 0.711 e. The first-order valence-corrected chi connectivity index (χ1v) is 3.16. The second-order valence-electron chi connectivity index (χ2n) is 2.17. The molecule has 10 heavy (non-hydrogen) atoms. The molecule has 0 saturated carbocycles. The van der Waals surface area contributed by atoms with Crippen LogP contribution in [0.5, 0.6) is 0 Å². The quantitative estimate of drug-likeness (QED) is 0.346. The number of hydrogen-bond acceptors (Lipinski definition) is 2. The highest BCUT2D eigenvalue weighted by molar-refractivity contribution is 5.03. The van der Waals surface area contributed by atoms with Gasteiger partial charge < -0.3 is 10.4 Å². The lowest BCUT2D eigenvalue weighted by molar-refractivity contribution is -0.613. The van der Waals surface area contributed by atoms with E-state index < -0.39 is 0 Å². The van der Waals surface area contributed by atoms with Crippen molar-refractivity contribution in [2.45, 2.75) is 20.3 Å². The number of imidazole rings is 1. The van der Waals surface area contributed by atoms with Gasteiger partial charge in [0.15, 0.2) is 5.69 Å². The van der Waals surface area contributed by atoms with Crippen LogP contribution in [-0.2, 0) is 6.42 Å². The Labute approximate surface area is 58.9 Å². The molecule has 1 aromatic heterocycles. The first kappa shape index (κ1) is 6.92. The highest BCUT2D eigenvalue weighted by Crippen LogP contribution is 2.01. The van der Waals surface area contributed by atoms with Gasteiger partial charge in [-0.1, -0.05) is 11.7 Å². The number of nitrogens with zero attached hydrogens (tertiary/aromatic N) is 2. The van der Waals surface area contributed by atoms with E-state index in [1.165, 1.54) is 0 Å². The lowest BCUT2D eigenvalue weighted by Crippen LogP contribution is -2.26. The monoisotopic (exact) mass is 142 g/mol. The van der Waals surface area contributed by atoms with Gasteiger partial charge in [0.2, 0.25) is 0 Å². The average Bonchev–Trinajstić information content (AvgIpc) is 2.09. The van der Waals surface area contributed by atoms with Gasteiger partial charge in [-0.3, -0.25) is 0 Å². The summed E-state index contributed by atoms with van der Waals surface area (Å²) in [5.74, 6) is 0. The number of hydrogen-bond donors (Lipinski definition) is 1. The molecular formula is C6H10N2O2. The van der Waals surface area contributed by atoms with Crippen LogP contribution in [0.15, 0.2) is 6.33 Å². The van der Waals surface area contributed by atoms with Crippen LogP contribution in [0.4, 0.5) is 0 Å². The molecule has 0 unspecified atom stereocenters. The Balaban J connectivity index is 3.20. The molecule has 56 valence electrons. The minimum Gasteiger partial charge on any atom is -0.711 e. The molecule has 0 aromatic carbocycles. The summed E-state index contributed by atoms with van der Waals surface area (Å²) in [6.45, 7) is 3.56. The molecule has 0 fully saturated rings. The van der Waals surface area contributed by atoms with E-state index in [4.69, 9.17) is 5.21 Å². The van der Waals surface area contributed by atoms with Gasteiger partial charge in [-0.15, -0.1) is 0 Å². The topological polar surface area (TPSA) is 52.1 Å². The molecule has 0 amide bonds. The van der Waals surface area contributed by atoms with Crippen LogP contribution in [0, 0.1) is 12.1 Å². The number of rotatable bonds is 1. The van der Waals surface area contributed by atoms with E-state index in [1.807, 2.05) is 6.92 Å². The smallest absolute Gasteiger partial charge is 0.287 e. The first-order chi connectivity index (χ1) is 4.66. The molecule has 0 spiro atoms. The molecule has 0 atom stereocenters. The zero-order valence-corrected chi connectivity index (χ0v) is 6.03. The minimum absolute atomic E-state index is 0.560. The van der Waals surface area contributed by atoms with Gasteiger partial charge >= 0.3 is 0 Å². The molecule has 1 heterocycles. The van der Waals surface area contributed by atoms with E-state index in [-0.39, 0.29) is 0 Å². The minimum atomic E-state index is 0.560. The van der Waals surface area contributed by atoms with Crippen LogP contribution in [0.1, 0.15) is 18.3 Å². The molecule has 0 aliphatic heterocycles. The van der Waals surface area contributed by atoms with Crippen LogP contribution < -0.4 is 4.73 Å². The molecule has 1 rings (SSSR count). The zero-order chi connectivity index (χ0) is 7.72. The van der Waals surface area contributed by atoms with E-state index in [0.29, 0.717) is 22.5 Å². The lowest BCUT2D eigenvalue weighted by atomic mass is 10.3. The van der Waals surface area contributed by atoms with Crippen molar-refractivity contribution in [1.82, 2.24) is 4.73 Å². The summed E-state index contributed by atoms with van der Waals surface area (Å²) in [7, 11) is 0. The molecule has 4 nitrogen and oxygen atoms in total. The fourth-order valence-corrected chi connectivity index (χ4v) is 0.966. The predicted octanol–water partition coefficient (Wildman–Crippen LogP) is 0.230. The van der Waals surface area contributed by atoms with Crippen molar-refractivity contribution < 1.29 is 9.94 Å². The number of aromatic nitrogens is 2. The fourth-order valence-electron chi connectivity index (χ4n) is 0.966. The van der Waals surface area contributed by atoms with E-state index in [9.17, 15) is 5.21 Å². The molecule has 1 N–H and O–H groups in total. The Morgan fingerprint density at radius 2 is 2.40 bits per heavy atom. The van der Waals surface area contributed by atoms with Gasteiger partial charge in [0.05, 0.1) is 0 Å². The van der Waals surface area contributed by atoms with Crippen molar-refractivity contribution in [2.24, 2.45) is 0 Å². The average molecular weight is 142 g/mol. The van der Waals surface area contributed by atoms with E-state index in [0.717, 1.165) is 11.1 Å². The van der Waals surface area contributed by atoms with Crippen LogP contribution in [0.3, 0.4) is 0 Å². The second kappa shape index (κ2) is 2.21. The summed E-state index contributed by atoms with van der Waals surface area (Å²) in [5.41, 5.74) is 1.22. The van der Waals surface area contributed by atoms with Crippen LogP contribution >= 0.6 is 0 Å². The normalized spacial score (nSPS) is 10.2. The summed E-state index contributed by atoms with van der Waals surface area (Å²) in [6.07, 6.45) is 1.77. The third kappa shape index (κ3) is 0.814. The fraction of sp³-hybridized carbons (Fsp3) is 0.500. The van der Waals surface area contributed by atoms with Crippen LogP contribution in [-0.4, -0.2) is 9.94 Å². The summed E-state index contributed by atoms with van der Waals surface area (Å²) in [5, 5.41) is 19.8. The molecule has 1 aromatic rings. The maximum atomic E-state index is 10.8. The molecule has 0 aliphatic carbocycles. The van der Waals surface area contributed by atoms with Crippen molar-refractivity contribution >= 4 is 0 Å². The molecular weight excluding hydrogens is 132 g/mol. The Morgan fingerprint density at radius 1 is 1.80 bits per heavy atom. The Hall–Kier alpha value is -1.19. The summed E-state index contributed by atoms with van der Waals surface area (Å²) in [6, 6.07) is 0. The van der Waals surface area contributed by atoms with Gasteiger partial charge in [0.1, 0.15) is 5.69 Å². The second-order valence-corrected chi connectivity index (χ2v) is 2.17. The Bertz CT molecular complexity index is 242. The molecule has 0 aliphatic rings. The first-order valence-electron chi connectivity index (χ1n) is 3.16. The van der Waals surface area contributed by atoms with Crippen molar-refractivity contribution in [3.8, 4) is 0 Å². The van der Waals surface area contributed by atoms with Gasteiger partial charge in [-0.25, -0.2) is 4.73 Å². The summed E-state index contributed by atoms with van der Waals surface area (Å²) >= 11 is 0. The molecule has 4 heteroatoms. The maximum Gasteiger partial charge on any atom is 0.287 e. The predicted molar refractivity (Wildman–Crippen MR) is 34.7 cm³/mol. The highest BCUT2D eigenvalue weighted by Gasteiger charge is 2.12. The SMILES string of the molecule is CCc1c(C)[n+]([O-])cn1O. The van der Waals surface area contributed by atoms with Crippen LogP contribution in [0.2, 0.25) is 0 Å². The summed E-state index contributed by atoms with van der Waals surface area (Å²) in [4.78, 5) is 0. The van der Waals surface area contributed by atoms with Crippen molar-refractivity contribution in [2.75, 3.05) is 0 Å².